The summed E-state index contributed by atoms with van der Waals surface area (Å²) in [5.74, 6) is 0.220. The van der Waals surface area contributed by atoms with E-state index in [1.165, 1.54) is 12.1 Å². The minimum atomic E-state index is -4.39. The van der Waals surface area contributed by atoms with Crippen LogP contribution in [0.1, 0.15) is 91.0 Å². The molecule has 7 heteroatoms. The Bertz CT molecular complexity index is 735. The van der Waals surface area contributed by atoms with Gasteiger partial charge in [-0.2, -0.15) is 13.2 Å². The summed E-state index contributed by atoms with van der Waals surface area (Å²) < 4.78 is 47.7. The Hall–Kier alpha value is -0.893. The molecular weight excluding hydrogens is 443 g/mol. The van der Waals surface area contributed by atoms with E-state index >= 15 is 0 Å². The fraction of sp³-hybridized carbons (Fsp3) is 0.769. The van der Waals surface area contributed by atoms with Crippen molar-refractivity contribution in [1.82, 2.24) is 4.90 Å². The van der Waals surface area contributed by atoms with Gasteiger partial charge in [0.2, 0.25) is 8.32 Å². The van der Waals surface area contributed by atoms with Gasteiger partial charge in [0.25, 0.3) is 0 Å². The molecule has 1 aliphatic heterocycles. The first-order valence-corrected chi connectivity index (χ1v) is 14.6. The molecule has 1 unspecified atom stereocenters. The normalized spacial score (nSPS) is 18.2. The number of halogens is 3. The Morgan fingerprint density at radius 3 is 1.91 bits per heavy atom. The second-order valence-corrected chi connectivity index (χ2v) is 16.4. The average molecular weight is 488 g/mol. The van der Waals surface area contributed by atoms with E-state index in [-0.39, 0.29) is 24.7 Å². The highest BCUT2D eigenvalue weighted by atomic mass is 28.4. The summed E-state index contributed by atoms with van der Waals surface area (Å²) >= 11 is 0. The number of nitrogens with zero attached hydrogens (tertiary/aromatic N) is 1. The molecule has 1 aromatic rings. The Morgan fingerprint density at radius 1 is 0.970 bits per heavy atom. The van der Waals surface area contributed by atoms with Gasteiger partial charge in [0.15, 0.2) is 0 Å². The van der Waals surface area contributed by atoms with Crippen LogP contribution in [0.3, 0.4) is 0 Å². The van der Waals surface area contributed by atoms with Gasteiger partial charge in [-0.15, -0.1) is 0 Å². The number of aliphatic hydroxyl groups excluding tert-OH is 1. The third-order valence-electron chi connectivity index (χ3n) is 7.50. The van der Waals surface area contributed by atoms with Crippen molar-refractivity contribution in [3.63, 3.8) is 0 Å². The molecule has 0 radical (unpaired) electrons. The minimum Gasteiger partial charge on any atom is -0.412 e. The van der Waals surface area contributed by atoms with Gasteiger partial charge in [-0.3, -0.25) is 4.90 Å². The minimum absolute atomic E-state index is 0.00778. The third kappa shape index (κ3) is 6.41. The third-order valence-corrected chi connectivity index (χ3v) is 13.6. The van der Waals surface area contributed by atoms with Crippen LogP contribution in [-0.2, 0) is 17.2 Å². The summed E-state index contributed by atoms with van der Waals surface area (Å²) in [6.07, 6.45) is -3.29. The highest BCUT2D eigenvalue weighted by Gasteiger charge is 2.45. The number of alkyl halides is 3. The predicted octanol–water partition coefficient (Wildman–Crippen LogP) is 7.55. The molecular formula is C26H44F3NO2Si. The van der Waals surface area contributed by atoms with Crippen molar-refractivity contribution in [2.24, 2.45) is 5.92 Å². The van der Waals surface area contributed by atoms with Crippen molar-refractivity contribution in [2.75, 3.05) is 13.1 Å². The SMILES string of the molecule is CC(C)C(c1ccc(C(F)(F)F)cc1CO[Si](C(C)C)(C(C)C)C(C)C)N1CCC(O)CC1. The van der Waals surface area contributed by atoms with Crippen LogP contribution in [0.4, 0.5) is 13.2 Å². The summed E-state index contributed by atoms with van der Waals surface area (Å²) in [6, 6.07) is 4.18. The van der Waals surface area contributed by atoms with E-state index in [4.69, 9.17) is 4.43 Å². The van der Waals surface area contributed by atoms with Crippen LogP contribution in [-0.4, -0.2) is 37.5 Å². The van der Waals surface area contributed by atoms with Gasteiger partial charge >= 0.3 is 6.18 Å². The van der Waals surface area contributed by atoms with Crippen LogP contribution < -0.4 is 0 Å². The number of rotatable bonds is 9. The topological polar surface area (TPSA) is 32.7 Å². The van der Waals surface area contributed by atoms with Gasteiger partial charge in [-0.1, -0.05) is 61.5 Å². The molecule has 3 nitrogen and oxygen atoms in total. The molecule has 0 amide bonds. The van der Waals surface area contributed by atoms with E-state index in [0.717, 1.165) is 18.7 Å². The van der Waals surface area contributed by atoms with Crippen LogP contribution in [0, 0.1) is 5.92 Å². The van der Waals surface area contributed by atoms with Crippen molar-refractivity contribution >= 4 is 8.32 Å². The second kappa shape index (κ2) is 11.2. The molecule has 1 atom stereocenters. The fourth-order valence-corrected chi connectivity index (χ4v) is 11.4. The quantitative estimate of drug-likeness (QED) is 0.365. The Balaban J connectivity index is 2.52. The molecule has 1 aliphatic rings. The van der Waals surface area contributed by atoms with E-state index in [9.17, 15) is 18.3 Å². The zero-order chi connectivity index (χ0) is 25.1. The summed E-state index contributed by atoms with van der Waals surface area (Å²) in [5, 5.41) is 9.96. The second-order valence-electron chi connectivity index (χ2n) is 11.0. The number of hydrogen-bond acceptors (Lipinski definition) is 3. The molecule has 0 saturated carbocycles. The first-order chi connectivity index (χ1) is 15.2. The number of piperidine rings is 1. The standard InChI is InChI=1S/C26H44F3NO2Si/c1-17(2)25(30-13-11-23(31)12-14-30)24-10-9-22(26(27,28)29)15-21(24)16-32-33(18(3)4,19(5)6)20(7)8/h9-10,15,17-20,23,25,31H,11-14,16H2,1-8H3. The van der Waals surface area contributed by atoms with Crippen molar-refractivity contribution in [2.45, 2.75) is 110 Å². The van der Waals surface area contributed by atoms with Crippen LogP contribution >= 0.6 is 0 Å². The van der Waals surface area contributed by atoms with E-state index in [1.807, 2.05) is 0 Å². The Labute approximate surface area is 199 Å². The van der Waals surface area contributed by atoms with E-state index in [1.54, 1.807) is 6.07 Å². The maximum absolute atomic E-state index is 13.6. The van der Waals surface area contributed by atoms with E-state index in [2.05, 4.69) is 60.3 Å². The summed E-state index contributed by atoms with van der Waals surface area (Å²) in [4.78, 5) is 2.32. The Kier molecular flexibility index (Phi) is 9.65. The van der Waals surface area contributed by atoms with Crippen molar-refractivity contribution in [3.8, 4) is 0 Å². The lowest BCUT2D eigenvalue weighted by atomic mass is 9.88. The highest BCUT2D eigenvalue weighted by Crippen LogP contribution is 2.44. The molecule has 1 aromatic carbocycles. The first-order valence-electron chi connectivity index (χ1n) is 12.5. The van der Waals surface area contributed by atoms with Gasteiger partial charge in [0.05, 0.1) is 18.3 Å². The lowest BCUT2D eigenvalue weighted by molar-refractivity contribution is -0.137. The largest absolute Gasteiger partial charge is 0.416 e. The maximum atomic E-state index is 13.6. The predicted molar refractivity (Wildman–Crippen MR) is 132 cm³/mol. The fourth-order valence-electron chi connectivity index (χ4n) is 6.04. The van der Waals surface area contributed by atoms with Gasteiger partial charge in [-0.25, -0.2) is 0 Å². The maximum Gasteiger partial charge on any atom is 0.416 e. The van der Waals surface area contributed by atoms with Crippen LogP contribution in [0.25, 0.3) is 0 Å². The number of benzene rings is 1. The smallest absolute Gasteiger partial charge is 0.412 e. The highest BCUT2D eigenvalue weighted by molar-refractivity contribution is 6.77. The molecule has 1 saturated heterocycles. The molecule has 33 heavy (non-hydrogen) atoms. The number of likely N-dealkylation sites (tertiary alicyclic amines) is 1. The Morgan fingerprint density at radius 2 is 1.48 bits per heavy atom. The zero-order valence-corrected chi connectivity index (χ0v) is 22.7. The van der Waals surface area contributed by atoms with Gasteiger partial charge in [-0.05, 0) is 58.6 Å². The van der Waals surface area contributed by atoms with Crippen LogP contribution in [0.15, 0.2) is 18.2 Å². The van der Waals surface area contributed by atoms with Gasteiger partial charge in [0, 0.05) is 19.1 Å². The van der Waals surface area contributed by atoms with Crippen molar-refractivity contribution < 1.29 is 22.7 Å². The summed E-state index contributed by atoms with van der Waals surface area (Å²) in [6.45, 7) is 19.1. The van der Waals surface area contributed by atoms with Crippen molar-refractivity contribution in [1.29, 1.82) is 0 Å². The molecule has 190 valence electrons. The lowest BCUT2D eigenvalue weighted by Gasteiger charge is -2.43. The molecule has 1 fully saturated rings. The zero-order valence-electron chi connectivity index (χ0n) is 21.7. The van der Waals surface area contributed by atoms with Crippen LogP contribution in [0.5, 0.6) is 0 Å². The molecule has 0 aromatic heterocycles. The van der Waals surface area contributed by atoms with E-state index in [0.29, 0.717) is 35.0 Å². The molecule has 0 bridgehead atoms. The van der Waals surface area contributed by atoms with Gasteiger partial charge < -0.3 is 9.53 Å². The number of aliphatic hydroxyl groups is 1. The molecule has 0 aliphatic carbocycles. The lowest BCUT2D eigenvalue weighted by Crippen LogP contribution is -2.47. The first kappa shape index (κ1) is 28.3. The summed E-state index contributed by atoms with van der Waals surface area (Å²) in [7, 11) is -2.24. The van der Waals surface area contributed by atoms with Crippen molar-refractivity contribution in [3.05, 3.63) is 34.9 Å². The van der Waals surface area contributed by atoms with Crippen LogP contribution in [0.2, 0.25) is 16.6 Å². The number of hydrogen-bond donors (Lipinski definition) is 1. The molecule has 1 heterocycles. The van der Waals surface area contributed by atoms with E-state index < -0.39 is 20.1 Å². The average Bonchev–Trinajstić information content (AvgIpc) is 2.69. The molecule has 0 spiro atoms. The molecule has 1 N–H and O–H groups in total. The summed E-state index contributed by atoms with van der Waals surface area (Å²) in [5.41, 5.74) is 2.03. The molecule has 2 rings (SSSR count). The monoisotopic (exact) mass is 487 g/mol. The van der Waals surface area contributed by atoms with Gasteiger partial charge in [0.1, 0.15) is 0 Å².